The Morgan fingerprint density at radius 3 is 1.88 bits per heavy atom. The molecule has 0 aromatic heterocycles. The molecule has 102 valence electrons. The number of ether oxygens (including phenoxy) is 1. The van der Waals surface area contributed by atoms with Crippen LogP contribution in [0.15, 0.2) is 0 Å². The summed E-state index contributed by atoms with van der Waals surface area (Å²) in [6.45, 7) is 2.60. The smallest absolute Gasteiger partial charge is 0.0841 e. The summed E-state index contributed by atoms with van der Waals surface area (Å²) in [7, 11) is 0. The van der Waals surface area contributed by atoms with E-state index in [1.165, 1.54) is 57.8 Å². The third kappa shape index (κ3) is 7.77. The second-order valence-corrected chi connectivity index (χ2v) is 5.34. The summed E-state index contributed by atoms with van der Waals surface area (Å²) in [5, 5.41) is 8.67. The van der Waals surface area contributed by atoms with Gasteiger partial charge in [0, 0.05) is 6.61 Å². The molecule has 2 atom stereocenters. The quantitative estimate of drug-likeness (QED) is 0.413. The summed E-state index contributed by atoms with van der Waals surface area (Å²) in [6.07, 6.45) is 15.2. The number of epoxide rings is 1. The molecule has 2 unspecified atom stereocenters. The Balaban J connectivity index is 1.78. The predicted molar refractivity (Wildman–Crippen MR) is 72.2 cm³/mol. The molecule has 0 aromatic carbocycles. The Morgan fingerprint density at radius 2 is 1.29 bits per heavy atom. The minimum atomic E-state index is 0.340. The molecule has 0 saturated carbocycles. The van der Waals surface area contributed by atoms with E-state index < -0.39 is 0 Å². The molecule has 0 aliphatic carbocycles. The first kappa shape index (κ1) is 15.0. The van der Waals surface area contributed by atoms with Crippen molar-refractivity contribution in [1.82, 2.24) is 0 Å². The van der Waals surface area contributed by atoms with Crippen molar-refractivity contribution >= 4 is 0 Å². The van der Waals surface area contributed by atoms with Crippen LogP contribution < -0.4 is 0 Å². The van der Waals surface area contributed by atoms with Crippen molar-refractivity contribution in [3.8, 4) is 0 Å². The standard InChI is InChI=1S/C15H30O2/c1-2-3-4-5-6-8-11-14-15(17-14)12-9-7-10-13-16/h14-16H,2-13H2,1H3. The largest absolute Gasteiger partial charge is 0.396 e. The molecule has 1 heterocycles. The molecular weight excluding hydrogens is 212 g/mol. The van der Waals surface area contributed by atoms with Gasteiger partial charge in [0.2, 0.25) is 0 Å². The lowest BCUT2D eigenvalue weighted by Gasteiger charge is -1.99. The maximum absolute atomic E-state index is 8.67. The van der Waals surface area contributed by atoms with Crippen LogP contribution in [0, 0.1) is 0 Å². The van der Waals surface area contributed by atoms with Crippen LogP contribution in [0.1, 0.15) is 77.6 Å². The Kier molecular flexibility index (Phi) is 8.72. The summed E-state index contributed by atoms with van der Waals surface area (Å²) >= 11 is 0. The summed E-state index contributed by atoms with van der Waals surface area (Å²) in [6, 6.07) is 0. The second kappa shape index (κ2) is 9.90. The second-order valence-electron chi connectivity index (χ2n) is 5.34. The van der Waals surface area contributed by atoms with E-state index in [-0.39, 0.29) is 0 Å². The van der Waals surface area contributed by atoms with Gasteiger partial charge in [-0.05, 0) is 19.3 Å². The average Bonchev–Trinajstić information content (AvgIpc) is 3.08. The maximum Gasteiger partial charge on any atom is 0.0841 e. The van der Waals surface area contributed by atoms with Crippen LogP contribution in [-0.4, -0.2) is 23.9 Å². The zero-order chi connectivity index (χ0) is 12.3. The molecule has 0 radical (unpaired) electrons. The van der Waals surface area contributed by atoms with E-state index in [9.17, 15) is 0 Å². The predicted octanol–water partition coefficient (Wildman–Crippen LogP) is 4.06. The van der Waals surface area contributed by atoms with Gasteiger partial charge < -0.3 is 9.84 Å². The van der Waals surface area contributed by atoms with Crippen LogP contribution >= 0.6 is 0 Å². The first-order valence-corrected chi connectivity index (χ1v) is 7.64. The van der Waals surface area contributed by atoms with Crippen molar-refractivity contribution in [3.63, 3.8) is 0 Å². The third-order valence-electron chi connectivity index (χ3n) is 3.68. The van der Waals surface area contributed by atoms with Crippen LogP contribution in [0.25, 0.3) is 0 Å². The molecule has 1 saturated heterocycles. The first-order chi connectivity index (χ1) is 8.38. The van der Waals surface area contributed by atoms with Crippen LogP contribution in [0.3, 0.4) is 0 Å². The molecule has 1 aliphatic rings. The van der Waals surface area contributed by atoms with E-state index in [4.69, 9.17) is 9.84 Å². The monoisotopic (exact) mass is 242 g/mol. The number of rotatable bonds is 12. The van der Waals surface area contributed by atoms with E-state index in [1.807, 2.05) is 0 Å². The SMILES string of the molecule is CCCCCCCCC1OC1CCCCCO. The molecule has 1 aliphatic heterocycles. The van der Waals surface area contributed by atoms with Gasteiger partial charge in [-0.3, -0.25) is 0 Å². The number of unbranched alkanes of at least 4 members (excludes halogenated alkanes) is 7. The van der Waals surface area contributed by atoms with Gasteiger partial charge in [-0.1, -0.05) is 58.3 Å². The van der Waals surface area contributed by atoms with E-state index in [0.29, 0.717) is 18.8 Å². The molecule has 1 N–H and O–H groups in total. The molecule has 0 bridgehead atoms. The van der Waals surface area contributed by atoms with Crippen molar-refractivity contribution in [1.29, 1.82) is 0 Å². The molecule has 0 amide bonds. The maximum atomic E-state index is 8.67. The number of hydrogen-bond donors (Lipinski definition) is 1. The molecule has 1 fully saturated rings. The van der Waals surface area contributed by atoms with Gasteiger partial charge in [0.05, 0.1) is 12.2 Å². The van der Waals surface area contributed by atoms with Crippen molar-refractivity contribution in [2.24, 2.45) is 0 Å². The lowest BCUT2D eigenvalue weighted by Crippen LogP contribution is -1.95. The highest BCUT2D eigenvalue weighted by atomic mass is 16.6. The Morgan fingerprint density at radius 1 is 0.765 bits per heavy atom. The molecule has 17 heavy (non-hydrogen) atoms. The highest BCUT2D eigenvalue weighted by Crippen LogP contribution is 2.31. The van der Waals surface area contributed by atoms with Gasteiger partial charge in [0.25, 0.3) is 0 Å². The van der Waals surface area contributed by atoms with E-state index in [1.54, 1.807) is 0 Å². The lowest BCUT2D eigenvalue weighted by molar-refractivity contribution is 0.280. The zero-order valence-electron chi connectivity index (χ0n) is 11.5. The average molecular weight is 242 g/mol. The third-order valence-corrected chi connectivity index (χ3v) is 3.68. The Bertz CT molecular complexity index is 170. The van der Waals surface area contributed by atoms with E-state index in [2.05, 4.69) is 6.92 Å². The first-order valence-electron chi connectivity index (χ1n) is 7.64. The summed E-state index contributed by atoms with van der Waals surface area (Å²) in [4.78, 5) is 0. The van der Waals surface area contributed by atoms with Crippen molar-refractivity contribution < 1.29 is 9.84 Å². The van der Waals surface area contributed by atoms with Gasteiger partial charge in [0.1, 0.15) is 0 Å². The lowest BCUT2D eigenvalue weighted by atomic mass is 10.0. The van der Waals surface area contributed by atoms with Gasteiger partial charge in [0.15, 0.2) is 0 Å². The summed E-state index contributed by atoms with van der Waals surface area (Å²) in [5.41, 5.74) is 0. The fraction of sp³-hybridized carbons (Fsp3) is 1.00. The van der Waals surface area contributed by atoms with Crippen LogP contribution in [0.2, 0.25) is 0 Å². The van der Waals surface area contributed by atoms with E-state index >= 15 is 0 Å². The molecule has 2 nitrogen and oxygen atoms in total. The Hall–Kier alpha value is -0.0800. The van der Waals surface area contributed by atoms with Crippen molar-refractivity contribution in [2.75, 3.05) is 6.61 Å². The van der Waals surface area contributed by atoms with Crippen LogP contribution in [-0.2, 0) is 4.74 Å². The highest BCUT2D eigenvalue weighted by molar-refractivity contribution is 4.84. The molecule has 0 aromatic rings. The minimum absolute atomic E-state index is 0.340. The molecule has 1 rings (SSSR count). The minimum Gasteiger partial charge on any atom is -0.396 e. The van der Waals surface area contributed by atoms with Crippen LogP contribution in [0.4, 0.5) is 0 Å². The number of aliphatic hydroxyl groups is 1. The van der Waals surface area contributed by atoms with E-state index in [0.717, 1.165) is 12.8 Å². The fourth-order valence-electron chi connectivity index (χ4n) is 2.45. The Labute approximate surface area is 107 Å². The molecule has 2 heteroatoms. The summed E-state index contributed by atoms with van der Waals surface area (Å²) < 4.78 is 5.66. The summed E-state index contributed by atoms with van der Waals surface area (Å²) in [5.74, 6) is 0. The highest BCUT2D eigenvalue weighted by Gasteiger charge is 2.36. The topological polar surface area (TPSA) is 32.8 Å². The van der Waals surface area contributed by atoms with Gasteiger partial charge >= 0.3 is 0 Å². The van der Waals surface area contributed by atoms with Gasteiger partial charge in [-0.25, -0.2) is 0 Å². The van der Waals surface area contributed by atoms with Gasteiger partial charge in [-0.2, -0.15) is 0 Å². The van der Waals surface area contributed by atoms with Crippen molar-refractivity contribution in [2.45, 2.75) is 89.8 Å². The fourth-order valence-corrected chi connectivity index (χ4v) is 2.45. The van der Waals surface area contributed by atoms with Gasteiger partial charge in [-0.15, -0.1) is 0 Å². The number of hydrogen-bond acceptors (Lipinski definition) is 2. The normalized spacial score (nSPS) is 22.9. The van der Waals surface area contributed by atoms with Crippen molar-refractivity contribution in [3.05, 3.63) is 0 Å². The number of aliphatic hydroxyl groups excluding tert-OH is 1. The molecule has 0 spiro atoms. The van der Waals surface area contributed by atoms with Crippen LogP contribution in [0.5, 0.6) is 0 Å². The zero-order valence-corrected chi connectivity index (χ0v) is 11.5. The molecular formula is C15H30O2.